The number of nitrogens with zero attached hydrogens (tertiary/aromatic N) is 1. The number of aliphatic hydroxyl groups is 1. The Balaban J connectivity index is 2.30. The third kappa shape index (κ3) is 4.52. The molecule has 0 aromatic carbocycles. The van der Waals surface area contributed by atoms with E-state index in [0.29, 0.717) is 32.2 Å². The first-order chi connectivity index (χ1) is 8.40. The van der Waals surface area contributed by atoms with Crippen LogP contribution in [0.2, 0.25) is 0 Å². The predicted octanol–water partition coefficient (Wildman–Crippen LogP) is 0.652. The number of amides is 2. The van der Waals surface area contributed by atoms with Crippen LogP contribution in [0.1, 0.15) is 32.6 Å². The monoisotopic (exact) mass is 258 g/mol. The zero-order chi connectivity index (χ0) is 13.7. The van der Waals surface area contributed by atoms with Gasteiger partial charge in [-0.05, 0) is 32.6 Å². The van der Waals surface area contributed by atoms with E-state index in [1.54, 1.807) is 14.0 Å². The maximum Gasteiger partial charge on any atom is 0.317 e. The summed E-state index contributed by atoms with van der Waals surface area (Å²) in [4.78, 5) is 24.1. The summed E-state index contributed by atoms with van der Waals surface area (Å²) >= 11 is 0. The van der Waals surface area contributed by atoms with Gasteiger partial charge < -0.3 is 20.4 Å². The summed E-state index contributed by atoms with van der Waals surface area (Å²) in [7, 11) is 1.67. The Bertz CT molecular complexity index is 306. The topological polar surface area (TPSA) is 89.9 Å². The molecule has 104 valence electrons. The van der Waals surface area contributed by atoms with Crippen molar-refractivity contribution in [3.05, 3.63) is 0 Å². The second kappa shape index (κ2) is 6.58. The van der Waals surface area contributed by atoms with Gasteiger partial charge in [-0.3, -0.25) is 4.79 Å². The molecule has 3 atom stereocenters. The number of urea groups is 1. The Morgan fingerprint density at radius 2 is 2.11 bits per heavy atom. The first-order valence-corrected chi connectivity index (χ1v) is 6.32. The van der Waals surface area contributed by atoms with Crippen molar-refractivity contribution in [3.8, 4) is 0 Å². The number of hydrogen-bond acceptors (Lipinski definition) is 3. The maximum atomic E-state index is 11.8. The van der Waals surface area contributed by atoms with Gasteiger partial charge in [-0.15, -0.1) is 0 Å². The molecule has 0 spiro atoms. The second-order valence-corrected chi connectivity index (χ2v) is 5.05. The van der Waals surface area contributed by atoms with Crippen molar-refractivity contribution in [2.24, 2.45) is 5.92 Å². The SMILES string of the molecule is CC(O)CCN(C)C(=O)N[C@H]1CC[C@@H](C(=O)O)C1. The molecule has 1 saturated carbocycles. The fourth-order valence-electron chi connectivity index (χ4n) is 2.10. The molecule has 6 nitrogen and oxygen atoms in total. The average molecular weight is 258 g/mol. The molecule has 0 bridgehead atoms. The summed E-state index contributed by atoms with van der Waals surface area (Å²) in [6, 6.07) is -0.251. The number of rotatable bonds is 5. The van der Waals surface area contributed by atoms with Gasteiger partial charge in [0.1, 0.15) is 0 Å². The summed E-state index contributed by atoms with van der Waals surface area (Å²) < 4.78 is 0. The van der Waals surface area contributed by atoms with Gasteiger partial charge in [-0.1, -0.05) is 0 Å². The Morgan fingerprint density at radius 3 is 2.61 bits per heavy atom. The minimum absolute atomic E-state index is 0.0485. The smallest absolute Gasteiger partial charge is 0.317 e. The highest BCUT2D eigenvalue weighted by Crippen LogP contribution is 2.25. The molecule has 2 amide bonds. The Hall–Kier alpha value is -1.30. The lowest BCUT2D eigenvalue weighted by atomic mass is 10.1. The van der Waals surface area contributed by atoms with E-state index in [-0.39, 0.29) is 18.0 Å². The van der Waals surface area contributed by atoms with E-state index >= 15 is 0 Å². The highest BCUT2D eigenvalue weighted by atomic mass is 16.4. The fraction of sp³-hybridized carbons (Fsp3) is 0.833. The van der Waals surface area contributed by atoms with Crippen LogP contribution in [-0.2, 0) is 4.79 Å². The molecule has 6 heteroatoms. The molecule has 0 aromatic heterocycles. The summed E-state index contributed by atoms with van der Waals surface area (Å²) in [5, 5.41) is 20.8. The molecule has 0 heterocycles. The third-order valence-corrected chi connectivity index (χ3v) is 3.34. The Kier molecular flexibility index (Phi) is 5.40. The number of aliphatic carboxylic acids is 1. The first-order valence-electron chi connectivity index (χ1n) is 6.32. The number of carboxylic acids is 1. The van der Waals surface area contributed by atoms with Crippen molar-refractivity contribution in [1.82, 2.24) is 10.2 Å². The van der Waals surface area contributed by atoms with Gasteiger partial charge >= 0.3 is 12.0 Å². The fourth-order valence-corrected chi connectivity index (χ4v) is 2.10. The van der Waals surface area contributed by atoms with Crippen LogP contribution in [0, 0.1) is 5.92 Å². The molecular formula is C12H22N2O4. The molecule has 0 aromatic rings. The van der Waals surface area contributed by atoms with Gasteiger partial charge in [-0.2, -0.15) is 0 Å². The summed E-state index contributed by atoms with van der Waals surface area (Å²) in [6.45, 7) is 2.17. The van der Waals surface area contributed by atoms with Gasteiger partial charge in [0.15, 0.2) is 0 Å². The lowest BCUT2D eigenvalue weighted by Crippen LogP contribution is -2.43. The third-order valence-electron chi connectivity index (χ3n) is 3.34. The Labute approximate surface area is 107 Å². The van der Waals surface area contributed by atoms with Crippen molar-refractivity contribution in [2.75, 3.05) is 13.6 Å². The largest absolute Gasteiger partial charge is 0.481 e. The average Bonchev–Trinajstić information content (AvgIpc) is 2.74. The number of nitrogens with one attached hydrogen (secondary N) is 1. The van der Waals surface area contributed by atoms with Crippen LogP contribution in [0.3, 0.4) is 0 Å². The molecule has 1 aliphatic carbocycles. The zero-order valence-corrected chi connectivity index (χ0v) is 10.9. The van der Waals surface area contributed by atoms with Crippen molar-refractivity contribution < 1.29 is 19.8 Å². The highest BCUT2D eigenvalue weighted by Gasteiger charge is 2.30. The molecule has 0 aliphatic heterocycles. The van der Waals surface area contributed by atoms with E-state index in [4.69, 9.17) is 10.2 Å². The van der Waals surface area contributed by atoms with Crippen LogP contribution in [-0.4, -0.2) is 52.9 Å². The molecule has 1 fully saturated rings. The van der Waals surface area contributed by atoms with E-state index in [1.807, 2.05) is 0 Å². The molecular weight excluding hydrogens is 236 g/mol. The second-order valence-electron chi connectivity index (χ2n) is 5.05. The molecule has 0 saturated heterocycles. The maximum absolute atomic E-state index is 11.8. The van der Waals surface area contributed by atoms with E-state index in [0.717, 1.165) is 0 Å². The minimum atomic E-state index is -0.783. The minimum Gasteiger partial charge on any atom is -0.481 e. The highest BCUT2D eigenvalue weighted by molar-refractivity contribution is 5.75. The van der Waals surface area contributed by atoms with Gasteiger partial charge in [-0.25, -0.2) is 4.79 Å². The molecule has 1 rings (SSSR count). The van der Waals surface area contributed by atoms with E-state index in [2.05, 4.69) is 5.32 Å². The van der Waals surface area contributed by atoms with Gasteiger partial charge in [0.25, 0.3) is 0 Å². The first kappa shape index (κ1) is 14.8. The normalized spacial score (nSPS) is 24.6. The van der Waals surface area contributed by atoms with Crippen molar-refractivity contribution in [3.63, 3.8) is 0 Å². The summed E-state index contributed by atoms with van der Waals surface area (Å²) in [6.07, 6.45) is 1.95. The number of carboxylic acid groups (broad SMARTS) is 1. The number of carbonyl (C=O) groups is 2. The van der Waals surface area contributed by atoms with Crippen LogP contribution in [0.5, 0.6) is 0 Å². The zero-order valence-electron chi connectivity index (χ0n) is 10.9. The van der Waals surface area contributed by atoms with Crippen LogP contribution in [0.4, 0.5) is 4.79 Å². The lowest BCUT2D eigenvalue weighted by molar-refractivity contribution is -0.141. The van der Waals surface area contributed by atoms with E-state index in [9.17, 15) is 9.59 Å². The van der Waals surface area contributed by atoms with Gasteiger partial charge in [0.2, 0.25) is 0 Å². The number of hydrogen-bond donors (Lipinski definition) is 3. The molecule has 18 heavy (non-hydrogen) atoms. The molecule has 3 N–H and O–H groups in total. The standard InChI is InChI=1S/C12H22N2O4/c1-8(15)5-6-14(2)12(18)13-10-4-3-9(7-10)11(16)17/h8-10,15H,3-7H2,1-2H3,(H,13,18)(H,16,17)/t8?,9-,10+/m1/s1. The predicted molar refractivity (Wildman–Crippen MR) is 66.2 cm³/mol. The van der Waals surface area contributed by atoms with Crippen LogP contribution < -0.4 is 5.32 Å². The van der Waals surface area contributed by atoms with Crippen LogP contribution in [0.15, 0.2) is 0 Å². The Morgan fingerprint density at radius 1 is 1.44 bits per heavy atom. The van der Waals surface area contributed by atoms with E-state index < -0.39 is 12.1 Å². The summed E-state index contributed by atoms with van der Waals surface area (Å²) in [5.41, 5.74) is 0. The lowest BCUT2D eigenvalue weighted by Gasteiger charge is -2.21. The number of aliphatic hydroxyl groups excluding tert-OH is 1. The quantitative estimate of drug-likeness (QED) is 0.675. The van der Waals surface area contributed by atoms with E-state index in [1.165, 1.54) is 4.90 Å². The number of carbonyl (C=O) groups excluding carboxylic acids is 1. The molecule has 1 aliphatic rings. The van der Waals surface area contributed by atoms with Crippen molar-refractivity contribution in [1.29, 1.82) is 0 Å². The van der Waals surface area contributed by atoms with Crippen molar-refractivity contribution >= 4 is 12.0 Å². The van der Waals surface area contributed by atoms with Gasteiger partial charge in [0.05, 0.1) is 12.0 Å². The van der Waals surface area contributed by atoms with Gasteiger partial charge in [0, 0.05) is 19.6 Å². The van der Waals surface area contributed by atoms with Crippen LogP contribution in [0.25, 0.3) is 0 Å². The molecule has 0 radical (unpaired) electrons. The van der Waals surface area contributed by atoms with Crippen LogP contribution >= 0.6 is 0 Å². The van der Waals surface area contributed by atoms with Crippen molar-refractivity contribution in [2.45, 2.75) is 44.8 Å². The molecule has 1 unspecified atom stereocenters. The summed E-state index contributed by atoms with van der Waals surface area (Å²) in [5.74, 6) is -1.12.